The molecule has 0 aliphatic carbocycles. The summed E-state index contributed by atoms with van der Waals surface area (Å²) in [5, 5.41) is 2.32. The lowest BCUT2D eigenvalue weighted by atomic mass is 9.97. The number of carbonyl (C=O) groups excluding carboxylic acids is 1. The molecule has 39 heavy (non-hydrogen) atoms. The molecule has 0 bridgehead atoms. The van der Waals surface area contributed by atoms with Crippen molar-refractivity contribution in [3.8, 4) is 0 Å². The van der Waals surface area contributed by atoms with Gasteiger partial charge in [0.05, 0.1) is 12.5 Å². The van der Waals surface area contributed by atoms with Gasteiger partial charge in [-0.25, -0.2) is 0 Å². The number of rotatable bonds is 12. The maximum Gasteiger partial charge on any atom is 0.308 e. The Hall–Kier alpha value is -2.00. The van der Waals surface area contributed by atoms with Crippen molar-refractivity contribution in [2.75, 3.05) is 6.61 Å². The van der Waals surface area contributed by atoms with E-state index in [4.69, 9.17) is 13.6 Å². The van der Waals surface area contributed by atoms with E-state index in [1.54, 1.807) is 0 Å². The van der Waals surface area contributed by atoms with Gasteiger partial charge in [-0.3, -0.25) is 4.79 Å². The first kappa shape index (κ1) is 31.5. The highest BCUT2D eigenvalue weighted by Gasteiger charge is 2.52. The average molecular weight is 567 g/mol. The third-order valence-electron chi connectivity index (χ3n) is 8.55. The molecule has 2 aromatic rings. The van der Waals surface area contributed by atoms with Crippen LogP contribution in [0.2, 0.25) is 23.2 Å². The maximum atomic E-state index is 12.9. The van der Waals surface area contributed by atoms with Gasteiger partial charge < -0.3 is 13.6 Å². The molecule has 0 unspecified atom stereocenters. The molecule has 0 N–H and O–H groups in total. The second-order valence-corrected chi connectivity index (χ2v) is 21.3. The van der Waals surface area contributed by atoms with Crippen molar-refractivity contribution in [2.24, 2.45) is 5.92 Å². The topological polar surface area (TPSA) is 44.8 Å². The summed E-state index contributed by atoms with van der Waals surface area (Å²) in [6.45, 7) is 18.6. The minimum atomic E-state index is -2.75. The van der Waals surface area contributed by atoms with Crippen LogP contribution < -0.4 is 10.4 Å². The quantitative estimate of drug-likeness (QED) is 0.154. The standard InChI is InChI=1S/C33H50O4Si2/c1-9-38(10-2,11-3)35-25-26(4)22-27(5)31-23-28(24-32(34)36-31)37-39(33(6,7)8,29-18-14-12-15-19-29)30-20-16-13-17-21-30/h12-22,26,28,31H,9-11,23-25H2,1-8H3/b27-22+/t26-,28-,31-/m0/s1. The Labute approximate surface area is 239 Å². The second kappa shape index (κ2) is 13.6. The van der Waals surface area contributed by atoms with Gasteiger partial charge in [0.2, 0.25) is 0 Å². The van der Waals surface area contributed by atoms with Crippen LogP contribution in [-0.4, -0.2) is 41.4 Å². The van der Waals surface area contributed by atoms with Crippen LogP contribution in [0.5, 0.6) is 0 Å². The number of ether oxygens (including phenoxy) is 1. The normalized spacial score (nSPS) is 20.0. The van der Waals surface area contributed by atoms with Crippen LogP contribution in [0.25, 0.3) is 0 Å². The Balaban J connectivity index is 1.87. The third-order valence-corrected chi connectivity index (χ3v) is 18.3. The van der Waals surface area contributed by atoms with Crippen LogP contribution in [-0.2, 0) is 18.4 Å². The minimum Gasteiger partial charge on any atom is -0.458 e. The fourth-order valence-electron chi connectivity index (χ4n) is 6.04. The summed E-state index contributed by atoms with van der Waals surface area (Å²) >= 11 is 0. The minimum absolute atomic E-state index is 0.141. The molecule has 3 atom stereocenters. The molecule has 1 aliphatic rings. The van der Waals surface area contributed by atoms with Crippen LogP contribution in [0.15, 0.2) is 72.3 Å². The van der Waals surface area contributed by atoms with Crippen LogP contribution >= 0.6 is 0 Å². The molecule has 0 radical (unpaired) electrons. The van der Waals surface area contributed by atoms with E-state index in [9.17, 15) is 4.79 Å². The smallest absolute Gasteiger partial charge is 0.308 e. The predicted molar refractivity (Wildman–Crippen MR) is 168 cm³/mol. The molecule has 3 rings (SSSR count). The van der Waals surface area contributed by atoms with Gasteiger partial charge in [-0.2, -0.15) is 0 Å². The second-order valence-electron chi connectivity index (χ2n) is 12.3. The van der Waals surface area contributed by atoms with Gasteiger partial charge in [0.15, 0.2) is 8.32 Å². The van der Waals surface area contributed by atoms with E-state index in [2.05, 4.69) is 122 Å². The first-order chi connectivity index (χ1) is 18.5. The molecule has 2 aromatic carbocycles. The summed E-state index contributed by atoms with van der Waals surface area (Å²) in [7, 11) is -4.38. The highest BCUT2D eigenvalue weighted by molar-refractivity contribution is 6.99. The SMILES string of the molecule is CC[Si](CC)(CC)OC[C@@H](C)/C=C(\C)[C@@H]1C[C@H](O[Si](c2ccccc2)(c2ccccc2)C(C)(C)C)CC(=O)O1. The lowest BCUT2D eigenvalue weighted by molar-refractivity contribution is -0.156. The summed E-state index contributed by atoms with van der Waals surface area (Å²) in [6, 6.07) is 24.7. The van der Waals surface area contributed by atoms with Gasteiger partial charge in [-0.1, -0.05) is 115 Å². The summed E-state index contributed by atoms with van der Waals surface area (Å²) in [6.07, 6.45) is 2.71. The molecule has 0 saturated carbocycles. The molecule has 1 aliphatic heterocycles. The van der Waals surface area contributed by atoms with Crippen LogP contribution in [0.4, 0.5) is 0 Å². The number of cyclic esters (lactones) is 1. The van der Waals surface area contributed by atoms with Crippen LogP contribution in [0.3, 0.4) is 0 Å². The molecule has 0 amide bonds. The number of benzene rings is 2. The summed E-state index contributed by atoms with van der Waals surface area (Å²) in [4.78, 5) is 12.9. The molecule has 0 spiro atoms. The Kier molecular flexibility index (Phi) is 11.0. The lowest BCUT2D eigenvalue weighted by Gasteiger charge is -2.46. The van der Waals surface area contributed by atoms with E-state index in [1.807, 2.05) is 0 Å². The molecule has 4 nitrogen and oxygen atoms in total. The van der Waals surface area contributed by atoms with Crippen molar-refractivity contribution in [1.82, 2.24) is 0 Å². The molecule has 0 aromatic heterocycles. The molecule has 214 valence electrons. The Morgan fingerprint density at radius 2 is 1.49 bits per heavy atom. The van der Waals surface area contributed by atoms with E-state index in [0.717, 1.165) is 30.3 Å². The Bertz CT molecular complexity index is 1030. The Morgan fingerprint density at radius 3 is 1.95 bits per heavy atom. The first-order valence-electron chi connectivity index (χ1n) is 14.8. The zero-order valence-corrected chi connectivity index (χ0v) is 27.5. The third kappa shape index (κ3) is 7.40. The number of hydrogen-bond acceptors (Lipinski definition) is 4. The first-order valence-corrected chi connectivity index (χ1v) is 19.2. The van der Waals surface area contributed by atoms with E-state index >= 15 is 0 Å². The summed E-state index contributed by atoms with van der Waals surface area (Å²) < 4.78 is 19.7. The van der Waals surface area contributed by atoms with E-state index in [-0.39, 0.29) is 35.6 Å². The van der Waals surface area contributed by atoms with Gasteiger partial charge in [0.25, 0.3) is 8.32 Å². The van der Waals surface area contributed by atoms with Crippen LogP contribution in [0.1, 0.15) is 68.2 Å². The monoisotopic (exact) mass is 566 g/mol. The van der Waals surface area contributed by atoms with Crippen molar-refractivity contribution in [1.29, 1.82) is 0 Å². The van der Waals surface area contributed by atoms with Gasteiger partial charge in [-0.15, -0.1) is 0 Å². The molecule has 1 saturated heterocycles. The fraction of sp³-hybridized carbons (Fsp3) is 0.545. The Morgan fingerprint density at radius 1 is 0.974 bits per heavy atom. The zero-order chi connectivity index (χ0) is 28.7. The van der Waals surface area contributed by atoms with Crippen molar-refractivity contribution in [3.05, 3.63) is 72.3 Å². The number of esters is 1. The zero-order valence-electron chi connectivity index (χ0n) is 25.5. The molecule has 1 heterocycles. The highest BCUT2D eigenvalue weighted by atomic mass is 28.4. The number of carbonyl (C=O) groups is 1. The summed E-state index contributed by atoms with van der Waals surface area (Å²) in [5.74, 6) is 0.0819. The van der Waals surface area contributed by atoms with E-state index < -0.39 is 16.6 Å². The maximum absolute atomic E-state index is 12.9. The van der Waals surface area contributed by atoms with E-state index in [0.29, 0.717) is 6.42 Å². The lowest BCUT2D eigenvalue weighted by Crippen LogP contribution is -2.68. The molecule has 6 heteroatoms. The van der Waals surface area contributed by atoms with Gasteiger partial charge in [0.1, 0.15) is 6.10 Å². The van der Waals surface area contributed by atoms with Crippen molar-refractivity contribution in [3.63, 3.8) is 0 Å². The highest BCUT2D eigenvalue weighted by Crippen LogP contribution is 2.39. The van der Waals surface area contributed by atoms with E-state index in [1.165, 1.54) is 10.4 Å². The van der Waals surface area contributed by atoms with Gasteiger partial charge in [-0.05, 0) is 52.0 Å². The van der Waals surface area contributed by atoms with Crippen molar-refractivity contribution in [2.45, 2.75) is 104 Å². The van der Waals surface area contributed by atoms with Crippen LogP contribution in [0, 0.1) is 5.92 Å². The number of hydrogen-bond donors (Lipinski definition) is 0. The fourth-order valence-corrected chi connectivity index (χ4v) is 13.5. The summed E-state index contributed by atoms with van der Waals surface area (Å²) in [5.41, 5.74) is 1.09. The van der Waals surface area contributed by atoms with Gasteiger partial charge in [0, 0.05) is 13.0 Å². The molecular formula is C33H50O4Si2. The average Bonchev–Trinajstić information content (AvgIpc) is 2.93. The predicted octanol–water partition coefficient (Wildman–Crippen LogP) is 7.24. The largest absolute Gasteiger partial charge is 0.458 e. The van der Waals surface area contributed by atoms with Crippen molar-refractivity contribution >= 4 is 33.0 Å². The molecule has 1 fully saturated rings. The van der Waals surface area contributed by atoms with Crippen molar-refractivity contribution < 1.29 is 18.4 Å². The van der Waals surface area contributed by atoms with Gasteiger partial charge >= 0.3 is 5.97 Å². The molecular weight excluding hydrogens is 517 g/mol.